The van der Waals surface area contributed by atoms with Crippen LogP contribution in [0.2, 0.25) is 0 Å². The zero-order chi connectivity index (χ0) is 22.7. The molecule has 4 aromatic heterocycles. The van der Waals surface area contributed by atoms with E-state index in [2.05, 4.69) is 68.5 Å². The predicted octanol–water partition coefficient (Wildman–Crippen LogP) is 7.09. The molecule has 0 atom stereocenters. The van der Waals surface area contributed by atoms with Crippen molar-refractivity contribution in [2.75, 3.05) is 0 Å². The van der Waals surface area contributed by atoms with Gasteiger partial charge in [-0.2, -0.15) is 0 Å². The van der Waals surface area contributed by atoms with Crippen molar-refractivity contribution in [3.63, 3.8) is 0 Å². The second-order valence-corrected chi connectivity index (χ2v) is 8.10. The van der Waals surface area contributed by atoms with Gasteiger partial charge in [0.15, 0.2) is 0 Å². The maximum atomic E-state index is 4.53. The lowest BCUT2D eigenvalue weighted by Gasteiger charge is -2.13. The summed E-state index contributed by atoms with van der Waals surface area (Å²) in [7, 11) is 0. The molecule has 4 nitrogen and oxygen atoms in total. The van der Waals surface area contributed by atoms with Crippen LogP contribution in [0, 0.1) is 0 Å². The smallest absolute Gasteiger partial charge is 0.0347 e. The summed E-state index contributed by atoms with van der Waals surface area (Å²) in [4.78, 5) is 17.3. The van der Waals surface area contributed by atoms with E-state index < -0.39 is 0 Å². The second-order valence-electron chi connectivity index (χ2n) is 8.10. The summed E-state index contributed by atoms with van der Waals surface area (Å²) in [5.41, 5.74) is 8.82. The minimum Gasteiger partial charge on any atom is -0.265 e. The van der Waals surface area contributed by atoms with E-state index in [1.54, 1.807) is 24.8 Å². The topological polar surface area (TPSA) is 51.6 Å². The van der Waals surface area contributed by atoms with E-state index in [0.29, 0.717) is 0 Å². The predicted molar refractivity (Wildman–Crippen MR) is 137 cm³/mol. The van der Waals surface area contributed by atoms with Crippen LogP contribution in [-0.2, 0) is 0 Å². The Labute approximate surface area is 197 Å². The maximum Gasteiger partial charge on any atom is 0.0347 e. The SMILES string of the molecule is c1ccc2c(-c3cncc(-c4ccncc4)c3)ccc(-c3cncc(-c4ccncc4)c3)c2c1. The number of hydrogen-bond acceptors (Lipinski definition) is 4. The molecule has 4 heteroatoms. The molecule has 160 valence electrons. The van der Waals surface area contributed by atoms with Gasteiger partial charge in [-0.15, -0.1) is 0 Å². The molecular formula is C30H20N4. The summed E-state index contributed by atoms with van der Waals surface area (Å²) < 4.78 is 0. The van der Waals surface area contributed by atoms with Crippen LogP contribution < -0.4 is 0 Å². The van der Waals surface area contributed by atoms with E-state index in [4.69, 9.17) is 0 Å². The molecule has 0 N–H and O–H groups in total. The van der Waals surface area contributed by atoms with Crippen LogP contribution in [0.3, 0.4) is 0 Å². The van der Waals surface area contributed by atoms with Gasteiger partial charge in [-0.05, 0) is 69.4 Å². The summed E-state index contributed by atoms with van der Waals surface area (Å²) in [5.74, 6) is 0. The van der Waals surface area contributed by atoms with Crippen molar-refractivity contribution in [2.24, 2.45) is 0 Å². The van der Waals surface area contributed by atoms with Crippen LogP contribution in [0.1, 0.15) is 0 Å². The first kappa shape index (κ1) is 19.9. The third-order valence-electron chi connectivity index (χ3n) is 6.05. The van der Waals surface area contributed by atoms with Crippen LogP contribution in [0.15, 0.2) is 122 Å². The van der Waals surface area contributed by atoms with Gasteiger partial charge < -0.3 is 0 Å². The van der Waals surface area contributed by atoms with E-state index in [9.17, 15) is 0 Å². The van der Waals surface area contributed by atoms with Crippen molar-refractivity contribution < 1.29 is 0 Å². The van der Waals surface area contributed by atoms with E-state index in [1.807, 2.05) is 49.1 Å². The lowest BCUT2D eigenvalue weighted by Crippen LogP contribution is -1.89. The largest absolute Gasteiger partial charge is 0.265 e. The van der Waals surface area contributed by atoms with Gasteiger partial charge in [0.2, 0.25) is 0 Å². The molecule has 0 fully saturated rings. The highest BCUT2D eigenvalue weighted by Crippen LogP contribution is 2.37. The lowest BCUT2D eigenvalue weighted by atomic mass is 9.92. The van der Waals surface area contributed by atoms with Crippen molar-refractivity contribution in [1.29, 1.82) is 0 Å². The van der Waals surface area contributed by atoms with Gasteiger partial charge in [-0.3, -0.25) is 19.9 Å². The fourth-order valence-corrected chi connectivity index (χ4v) is 4.38. The monoisotopic (exact) mass is 436 g/mol. The average Bonchev–Trinajstić information content (AvgIpc) is 2.93. The molecule has 0 aliphatic rings. The molecule has 2 aromatic carbocycles. The highest BCUT2D eigenvalue weighted by atomic mass is 14.6. The molecule has 6 rings (SSSR count). The Morgan fingerprint density at radius 2 is 0.765 bits per heavy atom. The third kappa shape index (κ3) is 3.71. The Bertz CT molecular complexity index is 1470. The van der Waals surface area contributed by atoms with Crippen molar-refractivity contribution in [3.05, 3.63) is 122 Å². The summed E-state index contributed by atoms with van der Waals surface area (Å²) in [6, 6.07) is 25.3. The molecule has 0 unspecified atom stereocenters. The number of pyridine rings is 4. The van der Waals surface area contributed by atoms with Crippen molar-refractivity contribution in [1.82, 2.24) is 19.9 Å². The van der Waals surface area contributed by atoms with Crippen LogP contribution in [0.4, 0.5) is 0 Å². The molecule has 6 aromatic rings. The summed E-state index contributed by atoms with van der Waals surface area (Å²) >= 11 is 0. The van der Waals surface area contributed by atoms with Gasteiger partial charge in [0.25, 0.3) is 0 Å². The number of nitrogens with zero attached hydrogens (tertiary/aromatic N) is 4. The fraction of sp³-hybridized carbons (Fsp3) is 0. The molecule has 0 aliphatic heterocycles. The minimum atomic E-state index is 1.07. The first-order chi connectivity index (χ1) is 16.9. The quantitative estimate of drug-likeness (QED) is 0.296. The molecular weight excluding hydrogens is 416 g/mol. The van der Waals surface area contributed by atoms with Gasteiger partial charge in [0, 0.05) is 71.8 Å². The van der Waals surface area contributed by atoms with E-state index in [-0.39, 0.29) is 0 Å². The highest BCUT2D eigenvalue weighted by molar-refractivity contribution is 6.05. The van der Waals surface area contributed by atoms with Gasteiger partial charge in [0.1, 0.15) is 0 Å². The van der Waals surface area contributed by atoms with E-state index in [1.165, 1.54) is 10.8 Å². The number of fused-ring (bicyclic) bond motifs is 1. The van der Waals surface area contributed by atoms with Crippen LogP contribution >= 0.6 is 0 Å². The van der Waals surface area contributed by atoms with E-state index in [0.717, 1.165) is 44.5 Å². The average molecular weight is 437 g/mol. The van der Waals surface area contributed by atoms with Crippen LogP contribution in [-0.4, -0.2) is 19.9 Å². The standard InChI is InChI=1S/C30H20N4/c1-2-4-30-28(26-16-24(18-34-20-26)22-9-13-32-14-10-22)6-5-27(29(30)3-1)25-15-23(17-33-19-25)21-7-11-31-12-8-21/h1-20H. The molecule has 0 aliphatic carbocycles. The number of rotatable bonds is 4. The molecule has 0 saturated carbocycles. The van der Waals surface area contributed by atoms with Crippen molar-refractivity contribution in [3.8, 4) is 44.5 Å². The first-order valence-corrected chi connectivity index (χ1v) is 11.1. The van der Waals surface area contributed by atoms with Crippen LogP contribution in [0.5, 0.6) is 0 Å². The highest BCUT2D eigenvalue weighted by Gasteiger charge is 2.12. The Morgan fingerprint density at radius 1 is 0.353 bits per heavy atom. The number of hydrogen-bond donors (Lipinski definition) is 0. The van der Waals surface area contributed by atoms with Gasteiger partial charge >= 0.3 is 0 Å². The molecule has 0 spiro atoms. The Kier molecular flexibility index (Phi) is 5.09. The lowest BCUT2D eigenvalue weighted by molar-refractivity contribution is 1.30. The van der Waals surface area contributed by atoms with Crippen LogP contribution in [0.25, 0.3) is 55.3 Å². The number of benzene rings is 2. The van der Waals surface area contributed by atoms with Gasteiger partial charge in [-0.25, -0.2) is 0 Å². The minimum absolute atomic E-state index is 1.07. The summed E-state index contributed by atoms with van der Waals surface area (Å²) in [6.45, 7) is 0. The van der Waals surface area contributed by atoms with E-state index >= 15 is 0 Å². The summed E-state index contributed by atoms with van der Waals surface area (Å²) in [6.07, 6.45) is 14.9. The zero-order valence-electron chi connectivity index (χ0n) is 18.3. The second kappa shape index (κ2) is 8.68. The maximum absolute atomic E-state index is 4.53. The van der Waals surface area contributed by atoms with Gasteiger partial charge in [0.05, 0.1) is 0 Å². The zero-order valence-corrected chi connectivity index (χ0v) is 18.3. The fourth-order valence-electron chi connectivity index (χ4n) is 4.38. The molecule has 4 heterocycles. The summed E-state index contributed by atoms with van der Waals surface area (Å²) in [5, 5.41) is 2.37. The molecule has 34 heavy (non-hydrogen) atoms. The molecule has 0 saturated heterocycles. The number of aromatic nitrogens is 4. The van der Waals surface area contributed by atoms with Crippen molar-refractivity contribution in [2.45, 2.75) is 0 Å². The molecule has 0 radical (unpaired) electrons. The Hall–Kier alpha value is -4.70. The Morgan fingerprint density at radius 3 is 1.21 bits per heavy atom. The molecule has 0 amide bonds. The van der Waals surface area contributed by atoms with Crippen molar-refractivity contribution >= 4 is 10.8 Å². The first-order valence-electron chi connectivity index (χ1n) is 11.1. The van der Waals surface area contributed by atoms with Gasteiger partial charge in [-0.1, -0.05) is 36.4 Å². The normalized spacial score (nSPS) is 10.9. The third-order valence-corrected chi connectivity index (χ3v) is 6.05. The molecule has 0 bridgehead atoms. The Balaban J connectivity index is 1.48.